The maximum Gasteiger partial charge on any atom is 0.224 e. The Morgan fingerprint density at radius 2 is 2.14 bits per heavy atom. The SMILES string of the molecule is CNCC(C)C(=O)NCc1cn2cccc(C)c2n1.Cl.Cl. The van der Waals surface area contributed by atoms with E-state index in [0.29, 0.717) is 13.1 Å². The largest absolute Gasteiger partial charge is 0.350 e. The molecule has 1 amide bonds. The van der Waals surface area contributed by atoms with Crippen molar-refractivity contribution in [2.75, 3.05) is 13.6 Å². The highest BCUT2D eigenvalue weighted by atomic mass is 35.5. The summed E-state index contributed by atoms with van der Waals surface area (Å²) in [4.78, 5) is 16.3. The Morgan fingerprint density at radius 3 is 2.76 bits per heavy atom. The first-order valence-electron chi connectivity index (χ1n) is 6.47. The molecule has 0 aliphatic carbocycles. The number of carbonyl (C=O) groups excluding carboxylic acids is 1. The number of nitrogens with zero attached hydrogens (tertiary/aromatic N) is 2. The fourth-order valence-electron chi connectivity index (χ4n) is 2.04. The van der Waals surface area contributed by atoms with Crippen LogP contribution in [0.2, 0.25) is 0 Å². The van der Waals surface area contributed by atoms with Gasteiger partial charge in [0.1, 0.15) is 5.65 Å². The summed E-state index contributed by atoms with van der Waals surface area (Å²) in [5, 5.41) is 5.90. The number of aryl methyl sites for hydroxylation is 1. The highest BCUT2D eigenvalue weighted by Crippen LogP contribution is 2.09. The van der Waals surface area contributed by atoms with Crippen LogP contribution in [-0.4, -0.2) is 28.9 Å². The molecule has 0 aliphatic rings. The molecule has 2 N–H and O–H groups in total. The molecule has 0 fully saturated rings. The summed E-state index contributed by atoms with van der Waals surface area (Å²) < 4.78 is 1.98. The topological polar surface area (TPSA) is 58.4 Å². The maximum absolute atomic E-state index is 11.8. The zero-order valence-electron chi connectivity index (χ0n) is 12.4. The van der Waals surface area contributed by atoms with Crippen molar-refractivity contribution < 1.29 is 4.79 Å². The molecule has 0 spiro atoms. The van der Waals surface area contributed by atoms with Crippen LogP contribution in [0.25, 0.3) is 5.65 Å². The Hall–Kier alpha value is -1.30. The lowest BCUT2D eigenvalue weighted by molar-refractivity contribution is -0.124. The van der Waals surface area contributed by atoms with Gasteiger partial charge in [-0.15, -0.1) is 24.8 Å². The molecule has 118 valence electrons. The van der Waals surface area contributed by atoms with E-state index in [1.165, 1.54) is 0 Å². The third kappa shape index (κ3) is 4.88. The molecule has 2 heterocycles. The molecule has 1 unspecified atom stereocenters. The van der Waals surface area contributed by atoms with Gasteiger partial charge in [-0.1, -0.05) is 13.0 Å². The summed E-state index contributed by atoms with van der Waals surface area (Å²) >= 11 is 0. The first kappa shape index (κ1) is 19.7. The van der Waals surface area contributed by atoms with E-state index in [9.17, 15) is 4.79 Å². The van der Waals surface area contributed by atoms with Crippen LogP contribution in [0.15, 0.2) is 24.5 Å². The van der Waals surface area contributed by atoms with Crippen LogP contribution in [0.5, 0.6) is 0 Å². The van der Waals surface area contributed by atoms with Gasteiger partial charge in [-0.25, -0.2) is 4.98 Å². The Kier molecular flexibility index (Phi) is 8.32. The highest BCUT2D eigenvalue weighted by Gasteiger charge is 2.12. The van der Waals surface area contributed by atoms with Crippen LogP contribution < -0.4 is 10.6 Å². The lowest BCUT2D eigenvalue weighted by Gasteiger charge is -2.10. The van der Waals surface area contributed by atoms with Crippen LogP contribution >= 0.6 is 24.8 Å². The molecule has 0 saturated heterocycles. The molecule has 21 heavy (non-hydrogen) atoms. The monoisotopic (exact) mass is 332 g/mol. The van der Waals surface area contributed by atoms with Crippen molar-refractivity contribution in [1.82, 2.24) is 20.0 Å². The number of amides is 1. The number of aromatic nitrogens is 2. The molecule has 1 atom stereocenters. The molecule has 0 aromatic carbocycles. The third-order valence-electron chi connectivity index (χ3n) is 3.13. The Labute approximate surface area is 137 Å². The zero-order chi connectivity index (χ0) is 13.8. The summed E-state index contributed by atoms with van der Waals surface area (Å²) in [5.41, 5.74) is 2.94. The van der Waals surface area contributed by atoms with Crippen LogP contribution in [0.3, 0.4) is 0 Å². The van der Waals surface area contributed by atoms with Gasteiger partial charge >= 0.3 is 0 Å². The van der Waals surface area contributed by atoms with Crippen molar-refractivity contribution in [3.05, 3.63) is 35.8 Å². The standard InChI is InChI=1S/C14H20N4O.2ClH/c1-10-5-4-6-18-9-12(17-13(10)18)8-16-14(19)11(2)7-15-3;;/h4-6,9,11,15H,7-8H2,1-3H3,(H,16,19);2*1H. The minimum atomic E-state index is -0.0382. The highest BCUT2D eigenvalue weighted by molar-refractivity contribution is 5.85. The van der Waals surface area contributed by atoms with Crippen LogP contribution in [0.1, 0.15) is 18.2 Å². The predicted molar refractivity (Wildman–Crippen MR) is 89.4 cm³/mol. The molecule has 0 radical (unpaired) electrons. The lowest BCUT2D eigenvalue weighted by Crippen LogP contribution is -2.33. The smallest absolute Gasteiger partial charge is 0.224 e. The van der Waals surface area contributed by atoms with Crippen LogP contribution in [0, 0.1) is 12.8 Å². The van der Waals surface area contributed by atoms with Crippen molar-refractivity contribution in [1.29, 1.82) is 0 Å². The van der Waals surface area contributed by atoms with Crippen LogP contribution in [-0.2, 0) is 11.3 Å². The van der Waals surface area contributed by atoms with E-state index in [1.54, 1.807) is 0 Å². The van der Waals surface area contributed by atoms with Gasteiger partial charge in [-0.05, 0) is 25.6 Å². The Bertz CT molecular complexity index is 585. The second-order valence-electron chi connectivity index (χ2n) is 4.83. The molecular formula is C14H22Cl2N4O. The Morgan fingerprint density at radius 1 is 1.43 bits per heavy atom. The fraction of sp³-hybridized carbons (Fsp3) is 0.429. The summed E-state index contributed by atoms with van der Waals surface area (Å²) in [5.74, 6) is 0.00638. The van der Waals surface area contributed by atoms with Gasteiger partial charge in [-0.2, -0.15) is 0 Å². The average molecular weight is 333 g/mol. The molecule has 0 saturated carbocycles. The summed E-state index contributed by atoms with van der Waals surface area (Å²) in [6.45, 7) is 5.07. The van der Waals surface area contributed by atoms with Gasteiger partial charge in [0.2, 0.25) is 5.91 Å². The third-order valence-corrected chi connectivity index (χ3v) is 3.13. The van der Waals surface area contributed by atoms with Crippen molar-refractivity contribution in [2.45, 2.75) is 20.4 Å². The summed E-state index contributed by atoms with van der Waals surface area (Å²) in [6.07, 6.45) is 3.91. The molecule has 2 aromatic heterocycles. The van der Waals surface area contributed by atoms with E-state index in [1.807, 2.05) is 49.8 Å². The molecule has 0 bridgehead atoms. The normalized spacial score (nSPS) is 11.4. The Balaban J connectivity index is 0.00000200. The first-order chi connectivity index (χ1) is 9.11. The number of pyridine rings is 1. The second-order valence-corrected chi connectivity index (χ2v) is 4.83. The molecule has 2 aromatic rings. The summed E-state index contributed by atoms with van der Waals surface area (Å²) in [6, 6.07) is 4.01. The number of rotatable bonds is 5. The van der Waals surface area contributed by atoms with E-state index in [2.05, 4.69) is 15.6 Å². The number of halogens is 2. The van der Waals surface area contributed by atoms with E-state index in [-0.39, 0.29) is 36.6 Å². The maximum atomic E-state index is 11.8. The predicted octanol–water partition coefficient (Wildman–Crippen LogP) is 1.96. The van der Waals surface area contributed by atoms with E-state index in [4.69, 9.17) is 0 Å². The molecule has 5 nitrogen and oxygen atoms in total. The lowest BCUT2D eigenvalue weighted by atomic mass is 10.1. The zero-order valence-corrected chi connectivity index (χ0v) is 14.1. The number of hydrogen-bond donors (Lipinski definition) is 2. The average Bonchev–Trinajstić information content (AvgIpc) is 2.80. The van der Waals surface area contributed by atoms with Crippen LogP contribution in [0.4, 0.5) is 0 Å². The van der Waals surface area contributed by atoms with Crippen molar-refractivity contribution in [3.8, 4) is 0 Å². The summed E-state index contributed by atoms with van der Waals surface area (Å²) in [7, 11) is 1.84. The van der Waals surface area contributed by atoms with E-state index < -0.39 is 0 Å². The van der Waals surface area contributed by atoms with Gasteiger partial charge < -0.3 is 15.0 Å². The molecule has 0 aliphatic heterocycles. The number of imidazole rings is 1. The van der Waals surface area contributed by atoms with Gasteiger partial charge in [0.25, 0.3) is 0 Å². The van der Waals surface area contributed by atoms with Gasteiger partial charge in [0.05, 0.1) is 12.2 Å². The van der Waals surface area contributed by atoms with E-state index >= 15 is 0 Å². The minimum Gasteiger partial charge on any atom is -0.350 e. The quantitative estimate of drug-likeness (QED) is 0.879. The van der Waals surface area contributed by atoms with Gasteiger partial charge in [0, 0.05) is 24.9 Å². The minimum absolute atomic E-state index is 0. The van der Waals surface area contributed by atoms with Crippen molar-refractivity contribution >= 4 is 36.4 Å². The number of nitrogens with one attached hydrogen (secondary N) is 2. The fourth-order valence-corrected chi connectivity index (χ4v) is 2.04. The molecule has 2 rings (SSSR count). The molecular weight excluding hydrogens is 311 g/mol. The number of carbonyl (C=O) groups is 1. The van der Waals surface area contributed by atoms with Crippen molar-refractivity contribution in [2.24, 2.45) is 5.92 Å². The second kappa shape index (κ2) is 8.87. The van der Waals surface area contributed by atoms with Gasteiger partial charge in [0.15, 0.2) is 0 Å². The van der Waals surface area contributed by atoms with E-state index in [0.717, 1.165) is 16.9 Å². The van der Waals surface area contributed by atoms with Crippen molar-refractivity contribution in [3.63, 3.8) is 0 Å². The van der Waals surface area contributed by atoms with Gasteiger partial charge in [-0.3, -0.25) is 4.79 Å². The number of hydrogen-bond acceptors (Lipinski definition) is 3. The first-order valence-corrected chi connectivity index (χ1v) is 6.47. The molecule has 7 heteroatoms. The number of fused-ring (bicyclic) bond motifs is 1.